The summed E-state index contributed by atoms with van der Waals surface area (Å²) in [6.45, 7) is -0.948. The van der Waals surface area contributed by atoms with Gasteiger partial charge < -0.3 is 56.4 Å². The molecule has 0 aromatic rings. The molecule has 1 heterocycles. The molecule has 1 aliphatic heterocycles. The Morgan fingerprint density at radius 3 is 1.39 bits per heavy atom. The lowest BCUT2D eigenvalue weighted by Gasteiger charge is -2.36. The van der Waals surface area contributed by atoms with Crippen molar-refractivity contribution in [3.05, 3.63) is 0 Å². The molecule has 168 valence electrons. The second kappa shape index (κ2) is 12.3. The van der Waals surface area contributed by atoms with Gasteiger partial charge in [-0.2, -0.15) is 0 Å². The van der Waals surface area contributed by atoms with E-state index in [0.717, 1.165) is 0 Å². The Kier molecular flexibility index (Phi) is 11.2. The van der Waals surface area contributed by atoms with Crippen LogP contribution in [0.5, 0.6) is 0 Å². The first-order chi connectivity index (χ1) is 13.1. The molecular formula is C16H34N2O10. The van der Waals surface area contributed by atoms with E-state index < -0.39 is 62.0 Å². The largest absolute Gasteiger partial charge is 0.394 e. The van der Waals surface area contributed by atoms with Gasteiger partial charge in [0.15, 0.2) is 0 Å². The van der Waals surface area contributed by atoms with Crippen molar-refractivity contribution in [3.63, 3.8) is 0 Å². The van der Waals surface area contributed by atoms with Crippen LogP contribution in [0.2, 0.25) is 0 Å². The standard InChI is InChI=1S/C16H34N2O10/c19-6-11(23)15(27)13(25)9(21)4-18(8-1-2-17-3-8)5-10(22)14(26)16(28)12(24)7-20/h8-17,19-28H,1-7H2/t8-,9-,10-,11+,12+,13+,14+,15+,16+/m0/s1. The molecule has 0 radical (unpaired) electrons. The van der Waals surface area contributed by atoms with Gasteiger partial charge in [-0.25, -0.2) is 0 Å². The van der Waals surface area contributed by atoms with E-state index in [1.807, 2.05) is 0 Å². The molecule has 1 saturated heterocycles. The van der Waals surface area contributed by atoms with E-state index in [2.05, 4.69) is 5.32 Å². The number of hydrogen-bond acceptors (Lipinski definition) is 12. The Morgan fingerprint density at radius 1 is 0.679 bits per heavy atom. The van der Waals surface area contributed by atoms with Gasteiger partial charge in [-0.05, 0) is 13.0 Å². The fraction of sp³-hybridized carbons (Fsp3) is 1.00. The summed E-state index contributed by atoms with van der Waals surface area (Å²) in [5.74, 6) is 0. The van der Waals surface area contributed by atoms with Gasteiger partial charge in [0, 0.05) is 25.7 Å². The van der Waals surface area contributed by atoms with Gasteiger partial charge in [-0.3, -0.25) is 4.90 Å². The summed E-state index contributed by atoms with van der Waals surface area (Å²) >= 11 is 0. The number of rotatable bonds is 13. The molecule has 0 saturated carbocycles. The van der Waals surface area contributed by atoms with Gasteiger partial charge in [0.25, 0.3) is 0 Å². The Morgan fingerprint density at radius 2 is 1.07 bits per heavy atom. The average molecular weight is 414 g/mol. The zero-order valence-corrected chi connectivity index (χ0v) is 15.6. The number of hydrogen-bond donors (Lipinski definition) is 11. The zero-order valence-electron chi connectivity index (χ0n) is 15.6. The molecule has 0 aromatic carbocycles. The molecule has 0 aliphatic carbocycles. The quantitative estimate of drug-likeness (QED) is 0.136. The third-order valence-corrected chi connectivity index (χ3v) is 5.04. The second-order valence-corrected chi connectivity index (χ2v) is 7.20. The number of nitrogens with one attached hydrogen (secondary N) is 1. The van der Waals surface area contributed by atoms with E-state index >= 15 is 0 Å². The molecule has 0 spiro atoms. The minimum atomic E-state index is -1.79. The highest BCUT2D eigenvalue weighted by Crippen LogP contribution is 2.15. The van der Waals surface area contributed by atoms with E-state index in [-0.39, 0.29) is 19.1 Å². The molecule has 0 amide bonds. The number of nitrogens with zero attached hydrogens (tertiary/aromatic N) is 1. The van der Waals surface area contributed by atoms with Gasteiger partial charge in [0.1, 0.15) is 36.6 Å². The predicted octanol–water partition coefficient (Wildman–Crippen LogP) is -6.48. The molecule has 0 unspecified atom stereocenters. The maximum Gasteiger partial charge on any atom is 0.111 e. The molecule has 12 heteroatoms. The smallest absolute Gasteiger partial charge is 0.111 e. The summed E-state index contributed by atoms with van der Waals surface area (Å²) < 4.78 is 0. The first-order valence-electron chi connectivity index (χ1n) is 9.25. The van der Waals surface area contributed by atoms with Crippen LogP contribution >= 0.6 is 0 Å². The summed E-state index contributed by atoms with van der Waals surface area (Å²) in [6, 6.07) is -0.191. The van der Waals surface area contributed by atoms with E-state index in [1.165, 1.54) is 4.90 Å². The van der Waals surface area contributed by atoms with Gasteiger partial charge in [0.2, 0.25) is 0 Å². The monoisotopic (exact) mass is 414 g/mol. The van der Waals surface area contributed by atoms with Crippen LogP contribution in [0.3, 0.4) is 0 Å². The SMILES string of the molecule is OC[C@@H](O)[C@@H](O)[C@H](O)[C@@H](O)CN(C[C@H](O)[C@@H](O)[C@H](O)[C@H](O)CO)[C@H]1CCNC1. The van der Waals surface area contributed by atoms with Crippen molar-refractivity contribution in [1.82, 2.24) is 10.2 Å². The zero-order chi connectivity index (χ0) is 21.4. The Hall–Kier alpha value is -0.480. The minimum absolute atomic E-state index is 0.191. The lowest BCUT2D eigenvalue weighted by molar-refractivity contribution is -0.132. The van der Waals surface area contributed by atoms with E-state index in [1.54, 1.807) is 0 Å². The van der Waals surface area contributed by atoms with Gasteiger partial charge in [-0.1, -0.05) is 0 Å². The topological polar surface area (TPSA) is 218 Å². The van der Waals surface area contributed by atoms with E-state index in [0.29, 0.717) is 19.5 Å². The summed E-state index contributed by atoms with van der Waals surface area (Å²) in [5.41, 5.74) is 0. The van der Waals surface area contributed by atoms with Crippen LogP contribution in [0.4, 0.5) is 0 Å². The number of aliphatic hydroxyl groups is 10. The lowest BCUT2D eigenvalue weighted by atomic mass is 10.00. The molecule has 9 atom stereocenters. The van der Waals surface area contributed by atoms with Crippen LogP contribution < -0.4 is 5.32 Å². The molecule has 11 N–H and O–H groups in total. The summed E-state index contributed by atoms with van der Waals surface area (Å²) in [7, 11) is 0. The van der Waals surface area contributed by atoms with Crippen LogP contribution in [-0.2, 0) is 0 Å². The molecule has 1 rings (SSSR count). The predicted molar refractivity (Wildman–Crippen MR) is 95.1 cm³/mol. The first kappa shape index (κ1) is 25.6. The van der Waals surface area contributed by atoms with Crippen LogP contribution in [0.25, 0.3) is 0 Å². The Labute approximate surface area is 162 Å². The maximum atomic E-state index is 10.2. The van der Waals surface area contributed by atoms with Crippen molar-refractivity contribution in [2.75, 3.05) is 39.4 Å². The fourth-order valence-electron chi connectivity index (χ4n) is 3.15. The van der Waals surface area contributed by atoms with Crippen LogP contribution in [0, 0.1) is 0 Å². The molecule has 0 aromatic heterocycles. The third kappa shape index (κ3) is 7.09. The van der Waals surface area contributed by atoms with E-state index in [4.69, 9.17) is 10.2 Å². The maximum absolute atomic E-state index is 10.2. The van der Waals surface area contributed by atoms with Crippen molar-refractivity contribution in [2.24, 2.45) is 0 Å². The summed E-state index contributed by atoms with van der Waals surface area (Å²) in [4.78, 5) is 1.54. The van der Waals surface area contributed by atoms with Crippen molar-refractivity contribution < 1.29 is 51.1 Å². The molecule has 12 nitrogen and oxygen atoms in total. The molecule has 28 heavy (non-hydrogen) atoms. The lowest BCUT2D eigenvalue weighted by Crippen LogP contribution is -2.55. The van der Waals surface area contributed by atoms with Crippen molar-refractivity contribution in [3.8, 4) is 0 Å². The summed E-state index contributed by atoms with van der Waals surface area (Å²) in [6.07, 6.45) is -12.9. The van der Waals surface area contributed by atoms with E-state index in [9.17, 15) is 40.9 Å². The van der Waals surface area contributed by atoms with Crippen molar-refractivity contribution in [1.29, 1.82) is 0 Å². The van der Waals surface area contributed by atoms with Gasteiger partial charge in [-0.15, -0.1) is 0 Å². The third-order valence-electron chi connectivity index (χ3n) is 5.04. The average Bonchev–Trinajstić information content (AvgIpc) is 3.24. The van der Waals surface area contributed by atoms with Crippen LogP contribution in [-0.4, -0.2) is 150 Å². The fourth-order valence-corrected chi connectivity index (χ4v) is 3.15. The number of aliphatic hydroxyl groups excluding tert-OH is 10. The molecule has 0 bridgehead atoms. The molecule has 1 aliphatic rings. The van der Waals surface area contributed by atoms with Gasteiger partial charge >= 0.3 is 0 Å². The highest BCUT2D eigenvalue weighted by atomic mass is 16.4. The Balaban J connectivity index is 2.78. The highest BCUT2D eigenvalue weighted by molar-refractivity contribution is 4.90. The summed E-state index contributed by atoms with van der Waals surface area (Å²) in [5, 5.41) is 99.5. The molecule has 1 fully saturated rings. The normalized spacial score (nSPS) is 26.5. The van der Waals surface area contributed by atoms with Crippen LogP contribution in [0.15, 0.2) is 0 Å². The highest BCUT2D eigenvalue weighted by Gasteiger charge is 2.36. The first-order valence-corrected chi connectivity index (χ1v) is 9.25. The van der Waals surface area contributed by atoms with Crippen LogP contribution in [0.1, 0.15) is 6.42 Å². The minimum Gasteiger partial charge on any atom is -0.394 e. The Bertz CT molecular complexity index is 398. The van der Waals surface area contributed by atoms with Crippen molar-refractivity contribution in [2.45, 2.75) is 61.3 Å². The van der Waals surface area contributed by atoms with Gasteiger partial charge in [0.05, 0.1) is 25.4 Å². The second-order valence-electron chi connectivity index (χ2n) is 7.20. The molecular weight excluding hydrogens is 380 g/mol. The van der Waals surface area contributed by atoms with Crippen molar-refractivity contribution >= 4 is 0 Å².